The number of aromatic nitrogens is 3. The lowest BCUT2D eigenvalue weighted by Gasteiger charge is -2.34. The van der Waals surface area contributed by atoms with Gasteiger partial charge in [0, 0.05) is 57.0 Å². The number of hydrogen-bond acceptors (Lipinski definition) is 7. The maximum absolute atomic E-state index is 11.9. The standard InChI is InChI=1S/C15H20N6OS/c1-12-19-13(11-23-12)14(22)16-5-6-20-7-9-21(10-8-20)15-17-3-2-4-18-15/h2-4,11H,5-10H2,1H3,(H,16,22). The topological polar surface area (TPSA) is 74.2 Å². The summed E-state index contributed by atoms with van der Waals surface area (Å²) in [6.07, 6.45) is 3.54. The zero-order valence-corrected chi connectivity index (χ0v) is 13.9. The van der Waals surface area contributed by atoms with Gasteiger partial charge in [-0.15, -0.1) is 11.3 Å². The maximum Gasteiger partial charge on any atom is 0.270 e. The van der Waals surface area contributed by atoms with Crippen molar-refractivity contribution in [2.45, 2.75) is 6.92 Å². The predicted molar refractivity (Wildman–Crippen MR) is 89.9 cm³/mol. The molecule has 2 aromatic rings. The second kappa shape index (κ2) is 7.47. The van der Waals surface area contributed by atoms with E-state index in [1.807, 2.05) is 13.0 Å². The minimum absolute atomic E-state index is 0.0920. The third kappa shape index (κ3) is 4.23. The van der Waals surface area contributed by atoms with E-state index in [2.05, 4.69) is 30.1 Å². The Balaban J connectivity index is 1.39. The van der Waals surface area contributed by atoms with Crippen molar-refractivity contribution in [3.8, 4) is 0 Å². The van der Waals surface area contributed by atoms with E-state index in [1.54, 1.807) is 17.8 Å². The lowest BCUT2D eigenvalue weighted by molar-refractivity contribution is 0.0943. The highest BCUT2D eigenvalue weighted by Crippen LogP contribution is 2.09. The molecular weight excluding hydrogens is 312 g/mol. The highest BCUT2D eigenvalue weighted by Gasteiger charge is 2.18. The van der Waals surface area contributed by atoms with Crippen molar-refractivity contribution < 1.29 is 4.79 Å². The molecule has 0 bridgehead atoms. The number of nitrogens with zero attached hydrogens (tertiary/aromatic N) is 5. The molecular formula is C15H20N6OS. The molecule has 0 unspecified atom stereocenters. The van der Waals surface area contributed by atoms with E-state index in [0.29, 0.717) is 12.2 Å². The van der Waals surface area contributed by atoms with Crippen molar-refractivity contribution in [2.75, 3.05) is 44.2 Å². The molecule has 1 aliphatic rings. The van der Waals surface area contributed by atoms with Crippen molar-refractivity contribution in [2.24, 2.45) is 0 Å². The number of hydrogen-bond donors (Lipinski definition) is 1. The fourth-order valence-electron chi connectivity index (χ4n) is 2.51. The van der Waals surface area contributed by atoms with Gasteiger partial charge in [0.05, 0.1) is 5.01 Å². The van der Waals surface area contributed by atoms with Gasteiger partial charge in [-0.2, -0.15) is 0 Å². The van der Waals surface area contributed by atoms with Crippen molar-refractivity contribution in [1.82, 2.24) is 25.2 Å². The lowest BCUT2D eigenvalue weighted by Crippen LogP contribution is -2.49. The SMILES string of the molecule is Cc1nc(C(=O)NCCN2CCN(c3ncccn3)CC2)cs1. The quantitative estimate of drug-likeness (QED) is 0.873. The summed E-state index contributed by atoms with van der Waals surface area (Å²) in [6.45, 7) is 7.09. The van der Waals surface area contributed by atoms with Gasteiger partial charge in [0.15, 0.2) is 0 Å². The number of thiazole rings is 1. The molecule has 1 saturated heterocycles. The highest BCUT2D eigenvalue weighted by molar-refractivity contribution is 7.09. The molecule has 1 aliphatic heterocycles. The van der Waals surface area contributed by atoms with Gasteiger partial charge < -0.3 is 10.2 Å². The Labute approximate surface area is 139 Å². The van der Waals surface area contributed by atoms with Crippen LogP contribution in [0.25, 0.3) is 0 Å². The first-order valence-corrected chi connectivity index (χ1v) is 8.55. The molecule has 0 aromatic carbocycles. The van der Waals surface area contributed by atoms with Crippen molar-refractivity contribution in [3.05, 3.63) is 34.5 Å². The largest absolute Gasteiger partial charge is 0.349 e. The molecule has 2 aromatic heterocycles. The van der Waals surface area contributed by atoms with Crippen LogP contribution in [-0.4, -0.2) is 65.0 Å². The summed E-state index contributed by atoms with van der Waals surface area (Å²) < 4.78 is 0. The van der Waals surface area contributed by atoms with Crippen LogP contribution in [0.5, 0.6) is 0 Å². The van der Waals surface area contributed by atoms with Gasteiger partial charge in [-0.3, -0.25) is 9.69 Å². The van der Waals surface area contributed by atoms with Crippen LogP contribution in [0.1, 0.15) is 15.5 Å². The molecule has 3 rings (SSSR count). The Kier molecular flexibility index (Phi) is 5.14. The number of amides is 1. The molecule has 1 amide bonds. The van der Waals surface area contributed by atoms with Crippen LogP contribution in [-0.2, 0) is 0 Å². The number of piperazine rings is 1. The third-order valence-electron chi connectivity index (χ3n) is 3.77. The number of rotatable bonds is 5. The third-order valence-corrected chi connectivity index (χ3v) is 4.55. The highest BCUT2D eigenvalue weighted by atomic mass is 32.1. The predicted octanol–water partition coefficient (Wildman–Crippen LogP) is 0.794. The lowest BCUT2D eigenvalue weighted by atomic mass is 10.3. The zero-order chi connectivity index (χ0) is 16.1. The van der Waals surface area contributed by atoms with E-state index in [4.69, 9.17) is 0 Å². The Bertz CT molecular complexity index is 638. The van der Waals surface area contributed by atoms with E-state index in [0.717, 1.165) is 43.7 Å². The first-order chi connectivity index (χ1) is 11.2. The summed E-state index contributed by atoms with van der Waals surface area (Å²) in [5, 5.41) is 5.63. The minimum Gasteiger partial charge on any atom is -0.349 e. The average Bonchev–Trinajstić information content (AvgIpc) is 3.03. The molecule has 1 N–H and O–H groups in total. The molecule has 7 nitrogen and oxygen atoms in total. The smallest absolute Gasteiger partial charge is 0.270 e. The van der Waals surface area contributed by atoms with Crippen molar-refractivity contribution in [3.63, 3.8) is 0 Å². The fraction of sp³-hybridized carbons (Fsp3) is 0.467. The summed E-state index contributed by atoms with van der Waals surface area (Å²) in [6, 6.07) is 1.83. The Morgan fingerprint density at radius 2 is 2.00 bits per heavy atom. The minimum atomic E-state index is -0.0920. The van der Waals surface area contributed by atoms with E-state index in [-0.39, 0.29) is 5.91 Å². The van der Waals surface area contributed by atoms with Crippen molar-refractivity contribution in [1.29, 1.82) is 0 Å². The molecule has 0 spiro atoms. The van der Waals surface area contributed by atoms with Gasteiger partial charge in [0.25, 0.3) is 5.91 Å². The van der Waals surface area contributed by atoms with Gasteiger partial charge in [-0.05, 0) is 13.0 Å². The summed E-state index contributed by atoms with van der Waals surface area (Å²) in [5.74, 6) is 0.699. The average molecular weight is 332 g/mol. The first kappa shape index (κ1) is 15.8. The number of carbonyl (C=O) groups is 1. The molecule has 0 atom stereocenters. The zero-order valence-electron chi connectivity index (χ0n) is 13.1. The molecule has 122 valence electrons. The van der Waals surface area contributed by atoms with E-state index in [9.17, 15) is 4.79 Å². The van der Waals surface area contributed by atoms with Crippen LogP contribution in [0.3, 0.4) is 0 Å². The summed E-state index contributed by atoms with van der Waals surface area (Å²) >= 11 is 1.49. The van der Waals surface area contributed by atoms with Crippen LogP contribution in [0.15, 0.2) is 23.8 Å². The molecule has 1 fully saturated rings. The second-order valence-electron chi connectivity index (χ2n) is 5.39. The van der Waals surface area contributed by atoms with Gasteiger partial charge in [-0.25, -0.2) is 15.0 Å². The van der Waals surface area contributed by atoms with E-state index >= 15 is 0 Å². The van der Waals surface area contributed by atoms with Crippen LogP contribution in [0, 0.1) is 6.92 Å². The van der Waals surface area contributed by atoms with E-state index < -0.39 is 0 Å². The van der Waals surface area contributed by atoms with Crippen LogP contribution in [0.4, 0.5) is 5.95 Å². The van der Waals surface area contributed by atoms with Crippen molar-refractivity contribution >= 4 is 23.2 Å². The van der Waals surface area contributed by atoms with Gasteiger partial charge in [0.2, 0.25) is 5.95 Å². The van der Waals surface area contributed by atoms with Crippen LogP contribution in [0.2, 0.25) is 0 Å². The number of aryl methyl sites for hydroxylation is 1. The number of carbonyl (C=O) groups excluding carboxylic acids is 1. The molecule has 3 heterocycles. The van der Waals surface area contributed by atoms with E-state index in [1.165, 1.54) is 11.3 Å². The number of anilines is 1. The monoisotopic (exact) mass is 332 g/mol. The number of nitrogens with one attached hydrogen (secondary N) is 1. The van der Waals surface area contributed by atoms with Gasteiger partial charge >= 0.3 is 0 Å². The normalized spacial score (nSPS) is 15.6. The molecule has 23 heavy (non-hydrogen) atoms. The Morgan fingerprint density at radius 1 is 1.26 bits per heavy atom. The summed E-state index contributed by atoms with van der Waals surface area (Å²) in [7, 11) is 0. The Hall–Kier alpha value is -2.06. The molecule has 8 heteroatoms. The van der Waals surface area contributed by atoms with Gasteiger partial charge in [0.1, 0.15) is 5.69 Å². The maximum atomic E-state index is 11.9. The molecule has 0 saturated carbocycles. The second-order valence-corrected chi connectivity index (χ2v) is 6.45. The van der Waals surface area contributed by atoms with Crippen LogP contribution < -0.4 is 10.2 Å². The fourth-order valence-corrected chi connectivity index (χ4v) is 3.10. The molecule has 0 aliphatic carbocycles. The summed E-state index contributed by atoms with van der Waals surface area (Å²) in [4.78, 5) is 29.2. The van der Waals surface area contributed by atoms with Crippen LogP contribution >= 0.6 is 11.3 Å². The first-order valence-electron chi connectivity index (χ1n) is 7.67. The molecule has 0 radical (unpaired) electrons. The van der Waals surface area contributed by atoms with Gasteiger partial charge in [-0.1, -0.05) is 0 Å². The summed E-state index contributed by atoms with van der Waals surface area (Å²) in [5.41, 5.74) is 0.513. The Morgan fingerprint density at radius 3 is 2.65 bits per heavy atom.